The summed E-state index contributed by atoms with van der Waals surface area (Å²) in [5.74, 6) is -0.113. The normalized spacial score (nSPS) is 11.0. The van der Waals surface area contributed by atoms with Crippen molar-refractivity contribution in [3.63, 3.8) is 0 Å². The van der Waals surface area contributed by atoms with Gasteiger partial charge in [-0.2, -0.15) is 0 Å². The summed E-state index contributed by atoms with van der Waals surface area (Å²) in [6.45, 7) is 0. The largest absolute Gasteiger partial charge is 0.320 e. The number of nitrogens with zero attached hydrogens (tertiary/aromatic N) is 1. The Bertz CT molecular complexity index is 1280. The van der Waals surface area contributed by atoms with Crippen molar-refractivity contribution >= 4 is 55.8 Å². The van der Waals surface area contributed by atoms with Gasteiger partial charge >= 0.3 is 0 Å². The Balaban J connectivity index is 1.44. The Labute approximate surface area is 176 Å². The van der Waals surface area contributed by atoms with Crippen LogP contribution in [-0.4, -0.2) is 10.9 Å². The minimum Gasteiger partial charge on any atom is -0.320 e. The summed E-state index contributed by atoms with van der Waals surface area (Å²) in [6.07, 6.45) is 0. The molecule has 29 heavy (non-hydrogen) atoms. The third-order valence-corrected chi connectivity index (χ3v) is 6.67. The number of benzene rings is 3. The van der Waals surface area contributed by atoms with Crippen molar-refractivity contribution in [3.05, 3.63) is 95.9 Å². The van der Waals surface area contributed by atoms with Gasteiger partial charge in [0.1, 0.15) is 4.83 Å². The maximum Gasteiger partial charge on any atom is 0.265 e. The predicted octanol–water partition coefficient (Wildman–Crippen LogP) is 6.85. The van der Waals surface area contributed by atoms with Crippen LogP contribution in [0.2, 0.25) is 0 Å². The van der Waals surface area contributed by atoms with Crippen molar-refractivity contribution in [2.45, 2.75) is 9.79 Å². The van der Waals surface area contributed by atoms with E-state index in [0.717, 1.165) is 36.6 Å². The number of carbonyl (C=O) groups is 1. The SMILES string of the molecule is O=C(Nc1ccccc1Sc1ccccc1)c1cc2cc3ccccc3nc2s1. The van der Waals surface area contributed by atoms with Crippen LogP contribution in [0.5, 0.6) is 0 Å². The van der Waals surface area contributed by atoms with E-state index >= 15 is 0 Å². The lowest BCUT2D eigenvalue weighted by Gasteiger charge is -2.10. The molecule has 5 aromatic rings. The third kappa shape index (κ3) is 3.75. The minimum absolute atomic E-state index is 0.113. The number of anilines is 1. The second-order valence-corrected chi connectivity index (χ2v) is 8.70. The lowest BCUT2D eigenvalue weighted by atomic mass is 10.2. The van der Waals surface area contributed by atoms with Gasteiger partial charge in [-0.25, -0.2) is 4.98 Å². The topological polar surface area (TPSA) is 42.0 Å². The summed E-state index contributed by atoms with van der Waals surface area (Å²) < 4.78 is 0. The highest BCUT2D eigenvalue weighted by molar-refractivity contribution is 7.99. The first-order valence-corrected chi connectivity index (χ1v) is 10.8. The number of amides is 1. The summed E-state index contributed by atoms with van der Waals surface area (Å²) in [4.78, 5) is 21.3. The first kappa shape index (κ1) is 17.9. The second kappa shape index (κ2) is 7.70. The third-order valence-electron chi connectivity index (χ3n) is 4.54. The summed E-state index contributed by atoms with van der Waals surface area (Å²) in [5, 5.41) is 5.14. The van der Waals surface area contributed by atoms with Crippen LogP contribution in [0, 0.1) is 0 Å². The zero-order chi connectivity index (χ0) is 19.6. The molecule has 140 valence electrons. The van der Waals surface area contributed by atoms with Crippen LogP contribution >= 0.6 is 23.1 Å². The van der Waals surface area contributed by atoms with Crippen molar-refractivity contribution in [2.75, 3.05) is 5.32 Å². The van der Waals surface area contributed by atoms with Gasteiger partial charge in [-0.3, -0.25) is 4.79 Å². The van der Waals surface area contributed by atoms with Gasteiger partial charge in [0.15, 0.2) is 0 Å². The number of para-hydroxylation sites is 2. The molecule has 3 nitrogen and oxygen atoms in total. The fraction of sp³-hybridized carbons (Fsp3) is 0. The van der Waals surface area contributed by atoms with E-state index in [9.17, 15) is 4.79 Å². The standard InChI is InChI=1S/C24H16N2OS2/c27-23(22-15-17-14-16-8-4-5-11-19(16)26-24(17)29-22)25-20-12-6-7-13-21(20)28-18-9-2-1-3-10-18/h1-15H,(H,25,27). The van der Waals surface area contributed by atoms with Crippen LogP contribution < -0.4 is 5.32 Å². The van der Waals surface area contributed by atoms with Crippen LogP contribution in [0.4, 0.5) is 5.69 Å². The molecule has 0 spiro atoms. The van der Waals surface area contributed by atoms with Crippen molar-refractivity contribution in [3.8, 4) is 0 Å². The molecule has 5 rings (SSSR count). The monoisotopic (exact) mass is 412 g/mol. The van der Waals surface area contributed by atoms with E-state index in [1.807, 2.05) is 72.8 Å². The van der Waals surface area contributed by atoms with Gasteiger partial charge in [-0.05, 0) is 42.5 Å². The Morgan fingerprint density at radius 2 is 1.59 bits per heavy atom. The van der Waals surface area contributed by atoms with E-state index < -0.39 is 0 Å². The van der Waals surface area contributed by atoms with Crippen molar-refractivity contribution in [2.24, 2.45) is 0 Å². The number of nitrogens with one attached hydrogen (secondary N) is 1. The zero-order valence-electron chi connectivity index (χ0n) is 15.3. The molecular formula is C24H16N2OS2. The smallest absolute Gasteiger partial charge is 0.265 e. The summed E-state index contributed by atoms with van der Waals surface area (Å²) in [6, 6.07) is 30.0. The number of pyridine rings is 1. The fourth-order valence-electron chi connectivity index (χ4n) is 3.14. The molecule has 3 aromatic carbocycles. The van der Waals surface area contributed by atoms with Crippen molar-refractivity contribution in [1.82, 2.24) is 4.98 Å². The van der Waals surface area contributed by atoms with Crippen LogP contribution in [0.1, 0.15) is 9.67 Å². The van der Waals surface area contributed by atoms with Gasteiger partial charge in [-0.15, -0.1) is 11.3 Å². The van der Waals surface area contributed by atoms with E-state index in [0.29, 0.717) is 4.88 Å². The zero-order valence-corrected chi connectivity index (χ0v) is 17.0. The summed E-state index contributed by atoms with van der Waals surface area (Å²) in [7, 11) is 0. The van der Waals surface area contributed by atoms with Gasteiger partial charge < -0.3 is 5.32 Å². The van der Waals surface area contributed by atoms with Crippen molar-refractivity contribution in [1.29, 1.82) is 0 Å². The van der Waals surface area contributed by atoms with Gasteiger partial charge in [0.2, 0.25) is 0 Å². The molecule has 0 radical (unpaired) electrons. The van der Waals surface area contributed by atoms with Crippen LogP contribution in [-0.2, 0) is 0 Å². The average Bonchev–Trinajstić information content (AvgIpc) is 3.17. The van der Waals surface area contributed by atoms with Crippen LogP contribution in [0.3, 0.4) is 0 Å². The molecule has 0 aliphatic carbocycles. The molecule has 5 heteroatoms. The Hall–Kier alpha value is -3.15. The Morgan fingerprint density at radius 3 is 2.48 bits per heavy atom. The molecule has 0 saturated carbocycles. The molecule has 0 aliphatic rings. The molecule has 2 heterocycles. The summed E-state index contributed by atoms with van der Waals surface area (Å²) >= 11 is 3.05. The lowest BCUT2D eigenvalue weighted by Crippen LogP contribution is -2.10. The first-order chi connectivity index (χ1) is 14.3. The number of carbonyl (C=O) groups excluding carboxylic acids is 1. The molecule has 0 bridgehead atoms. The van der Waals surface area contributed by atoms with Gasteiger partial charge in [0, 0.05) is 20.6 Å². The second-order valence-electron chi connectivity index (χ2n) is 6.55. The first-order valence-electron chi connectivity index (χ1n) is 9.19. The molecule has 0 aliphatic heterocycles. The highest BCUT2D eigenvalue weighted by atomic mass is 32.2. The molecule has 0 saturated heterocycles. The predicted molar refractivity (Wildman–Crippen MR) is 122 cm³/mol. The average molecular weight is 413 g/mol. The maximum atomic E-state index is 12.9. The number of fused-ring (bicyclic) bond motifs is 2. The molecule has 0 unspecified atom stereocenters. The molecule has 1 amide bonds. The maximum absolute atomic E-state index is 12.9. The molecular weight excluding hydrogens is 396 g/mol. The fourth-order valence-corrected chi connectivity index (χ4v) is 4.99. The number of aromatic nitrogens is 1. The van der Waals surface area contributed by atoms with Gasteiger partial charge in [-0.1, -0.05) is 60.3 Å². The van der Waals surface area contributed by atoms with Crippen molar-refractivity contribution < 1.29 is 4.79 Å². The van der Waals surface area contributed by atoms with Gasteiger partial charge in [0.05, 0.1) is 16.1 Å². The molecule has 2 aromatic heterocycles. The Kier molecular flexibility index (Phi) is 4.76. The number of hydrogen-bond acceptors (Lipinski definition) is 4. The van der Waals surface area contributed by atoms with Crippen LogP contribution in [0.25, 0.3) is 21.1 Å². The number of hydrogen-bond donors (Lipinski definition) is 1. The van der Waals surface area contributed by atoms with Crippen LogP contribution in [0.15, 0.2) is 101 Å². The summed E-state index contributed by atoms with van der Waals surface area (Å²) in [5.41, 5.74) is 1.75. The highest BCUT2D eigenvalue weighted by Gasteiger charge is 2.14. The Morgan fingerprint density at radius 1 is 0.828 bits per heavy atom. The lowest BCUT2D eigenvalue weighted by molar-refractivity contribution is 0.103. The van der Waals surface area contributed by atoms with E-state index in [2.05, 4.69) is 23.5 Å². The highest BCUT2D eigenvalue weighted by Crippen LogP contribution is 2.34. The number of rotatable bonds is 4. The van der Waals surface area contributed by atoms with E-state index in [-0.39, 0.29) is 5.91 Å². The van der Waals surface area contributed by atoms with E-state index in [1.165, 1.54) is 11.3 Å². The number of thiophene rings is 1. The minimum atomic E-state index is -0.113. The molecule has 0 atom stereocenters. The van der Waals surface area contributed by atoms with Gasteiger partial charge in [0.25, 0.3) is 5.91 Å². The van der Waals surface area contributed by atoms with E-state index in [4.69, 9.17) is 4.98 Å². The quantitative estimate of drug-likeness (QED) is 0.351. The molecule has 0 fully saturated rings. The van der Waals surface area contributed by atoms with E-state index in [1.54, 1.807) is 11.8 Å². The molecule has 1 N–H and O–H groups in total.